The molecule has 2 unspecified atom stereocenters. The highest BCUT2D eigenvalue weighted by Gasteiger charge is 2.44. The van der Waals surface area contributed by atoms with Gasteiger partial charge in [0.2, 0.25) is 10.0 Å². The Balaban J connectivity index is 1.75. The normalized spacial score (nSPS) is 20.3. The Kier molecular flexibility index (Phi) is 6.75. The Hall–Kier alpha value is -2.18. The summed E-state index contributed by atoms with van der Waals surface area (Å²) in [7, 11) is -4.10. The van der Waals surface area contributed by atoms with E-state index in [2.05, 4.69) is 0 Å². The first-order valence-corrected chi connectivity index (χ1v) is 11.0. The lowest BCUT2D eigenvalue weighted by molar-refractivity contribution is -0.142. The van der Waals surface area contributed by atoms with Crippen molar-refractivity contribution in [2.75, 3.05) is 12.3 Å². The minimum absolute atomic E-state index is 0.00493. The van der Waals surface area contributed by atoms with Gasteiger partial charge in [0.1, 0.15) is 29.6 Å². The van der Waals surface area contributed by atoms with Crippen molar-refractivity contribution >= 4 is 27.8 Å². The maximum absolute atomic E-state index is 13.0. The predicted octanol–water partition coefficient (Wildman–Crippen LogP) is 1.90. The van der Waals surface area contributed by atoms with Gasteiger partial charge in [0.25, 0.3) is 0 Å². The smallest absolute Gasteiger partial charge is 0.324 e. The Labute approximate surface area is 171 Å². The molecule has 11 heteroatoms. The second-order valence-electron chi connectivity index (χ2n) is 6.21. The number of nitrogens with one attached hydrogen (secondary N) is 1. The summed E-state index contributed by atoms with van der Waals surface area (Å²) in [5, 5.41) is 17.6. The van der Waals surface area contributed by atoms with E-state index >= 15 is 0 Å². The number of halogens is 1. The summed E-state index contributed by atoms with van der Waals surface area (Å²) < 4.78 is 45.3. The summed E-state index contributed by atoms with van der Waals surface area (Å²) in [5.41, 5.74) is 2.62. The fourth-order valence-electron chi connectivity index (χ4n) is 2.87. The van der Waals surface area contributed by atoms with E-state index < -0.39 is 27.4 Å². The van der Waals surface area contributed by atoms with Crippen LogP contribution in [0.2, 0.25) is 0 Å². The van der Waals surface area contributed by atoms with E-state index in [4.69, 9.17) is 4.74 Å². The zero-order valence-corrected chi connectivity index (χ0v) is 16.7. The van der Waals surface area contributed by atoms with Gasteiger partial charge in [-0.2, -0.15) is 9.79 Å². The fourth-order valence-corrected chi connectivity index (χ4v) is 5.73. The van der Waals surface area contributed by atoms with Crippen LogP contribution in [0, 0.1) is 5.82 Å². The molecule has 1 fully saturated rings. The molecule has 8 nitrogen and oxygen atoms in total. The maximum Gasteiger partial charge on any atom is 0.324 e. The lowest BCUT2D eigenvalue weighted by Gasteiger charge is -2.36. The number of rotatable bonds is 7. The standard InChI is InChI=1S/C18H19FN2O6S2/c19-13-3-1-12(2-4-13)11-27-14-5-7-15(8-6-14)29(25,26)21-9-10-28-17(20-24)16(21)18(22)23/h1-8,16-17,20,24H,9-11H2,(H,22,23). The summed E-state index contributed by atoms with van der Waals surface area (Å²) in [6, 6.07) is 9.95. The van der Waals surface area contributed by atoms with E-state index in [1.165, 1.54) is 36.4 Å². The van der Waals surface area contributed by atoms with Crippen LogP contribution in [0.25, 0.3) is 0 Å². The number of hydroxylamine groups is 1. The third-order valence-electron chi connectivity index (χ3n) is 4.34. The lowest BCUT2D eigenvalue weighted by Crippen LogP contribution is -2.57. The molecular weight excluding hydrogens is 423 g/mol. The number of sulfonamides is 1. The number of nitrogens with zero attached hydrogens (tertiary/aromatic N) is 1. The average Bonchev–Trinajstić information content (AvgIpc) is 2.73. The van der Waals surface area contributed by atoms with Crippen LogP contribution in [0.1, 0.15) is 5.56 Å². The van der Waals surface area contributed by atoms with E-state index in [9.17, 15) is 27.9 Å². The molecule has 1 aliphatic heterocycles. The summed E-state index contributed by atoms with van der Waals surface area (Å²) in [4.78, 5) is 11.5. The van der Waals surface area contributed by atoms with E-state index in [-0.39, 0.29) is 23.9 Å². The van der Waals surface area contributed by atoms with Crippen molar-refractivity contribution in [3.05, 3.63) is 59.9 Å². The van der Waals surface area contributed by atoms with Crippen LogP contribution in [0.3, 0.4) is 0 Å². The molecule has 2 atom stereocenters. The van der Waals surface area contributed by atoms with Gasteiger partial charge in [-0.15, -0.1) is 11.8 Å². The van der Waals surface area contributed by atoms with E-state index in [0.717, 1.165) is 21.6 Å². The molecule has 3 rings (SSSR count). The molecule has 1 aliphatic rings. The van der Waals surface area contributed by atoms with Crippen molar-refractivity contribution in [1.82, 2.24) is 9.79 Å². The molecule has 1 saturated heterocycles. The van der Waals surface area contributed by atoms with Crippen molar-refractivity contribution in [2.24, 2.45) is 0 Å². The predicted molar refractivity (Wildman–Crippen MR) is 104 cm³/mol. The van der Waals surface area contributed by atoms with Crippen molar-refractivity contribution in [2.45, 2.75) is 22.9 Å². The maximum atomic E-state index is 13.0. The van der Waals surface area contributed by atoms with Gasteiger partial charge >= 0.3 is 5.97 Å². The van der Waals surface area contributed by atoms with E-state index in [0.29, 0.717) is 11.5 Å². The average molecular weight is 442 g/mol. The van der Waals surface area contributed by atoms with Crippen molar-refractivity contribution in [3.8, 4) is 5.75 Å². The largest absolute Gasteiger partial charge is 0.489 e. The second kappa shape index (κ2) is 9.09. The highest BCUT2D eigenvalue weighted by atomic mass is 32.2. The third kappa shape index (κ3) is 4.87. The number of benzene rings is 2. The number of carboxylic acid groups (broad SMARTS) is 1. The summed E-state index contributed by atoms with van der Waals surface area (Å²) >= 11 is 1.13. The monoisotopic (exact) mass is 442 g/mol. The van der Waals surface area contributed by atoms with Crippen LogP contribution < -0.4 is 10.2 Å². The van der Waals surface area contributed by atoms with Crippen molar-refractivity contribution < 1.29 is 32.7 Å². The van der Waals surface area contributed by atoms with Gasteiger partial charge in [0, 0.05) is 12.3 Å². The van der Waals surface area contributed by atoms with Crippen LogP contribution >= 0.6 is 11.8 Å². The zero-order valence-electron chi connectivity index (χ0n) is 15.1. The molecule has 0 aromatic heterocycles. The highest BCUT2D eigenvalue weighted by Crippen LogP contribution is 2.29. The van der Waals surface area contributed by atoms with Crippen LogP contribution in [0.15, 0.2) is 53.4 Å². The molecular formula is C18H19FN2O6S2. The van der Waals surface area contributed by atoms with Gasteiger partial charge < -0.3 is 15.1 Å². The van der Waals surface area contributed by atoms with Crippen LogP contribution in [-0.2, 0) is 21.4 Å². The number of ether oxygens (including phenoxy) is 1. The fraction of sp³-hybridized carbons (Fsp3) is 0.278. The molecule has 2 aromatic carbocycles. The Bertz CT molecular complexity index is 953. The molecule has 3 N–H and O–H groups in total. The molecule has 0 spiro atoms. The van der Waals surface area contributed by atoms with E-state index in [1.807, 2.05) is 5.48 Å². The topological polar surface area (TPSA) is 116 Å². The number of thioether (sulfide) groups is 1. The molecule has 0 radical (unpaired) electrons. The minimum atomic E-state index is -4.10. The molecule has 0 aliphatic carbocycles. The van der Waals surface area contributed by atoms with Crippen molar-refractivity contribution in [3.63, 3.8) is 0 Å². The third-order valence-corrected chi connectivity index (χ3v) is 7.37. The van der Waals surface area contributed by atoms with Gasteiger partial charge in [-0.25, -0.2) is 12.8 Å². The molecule has 0 bridgehead atoms. The minimum Gasteiger partial charge on any atom is -0.489 e. The van der Waals surface area contributed by atoms with Crippen LogP contribution in [0.5, 0.6) is 5.75 Å². The van der Waals surface area contributed by atoms with Crippen LogP contribution in [0.4, 0.5) is 4.39 Å². The van der Waals surface area contributed by atoms with Gasteiger partial charge in [-0.3, -0.25) is 4.79 Å². The summed E-state index contributed by atoms with van der Waals surface area (Å²) in [5.74, 6) is -0.962. The van der Waals surface area contributed by atoms with Crippen LogP contribution in [-0.4, -0.2) is 52.7 Å². The molecule has 29 heavy (non-hydrogen) atoms. The number of hydrogen-bond donors (Lipinski definition) is 3. The SMILES string of the molecule is O=C(O)C1C(NO)SCCN1S(=O)(=O)c1ccc(OCc2ccc(F)cc2)cc1. The van der Waals surface area contributed by atoms with Gasteiger partial charge in [0.15, 0.2) is 0 Å². The highest BCUT2D eigenvalue weighted by molar-refractivity contribution is 8.00. The molecule has 2 aromatic rings. The number of carbonyl (C=O) groups is 1. The Morgan fingerprint density at radius 1 is 1.21 bits per heavy atom. The van der Waals surface area contributed by atoms with Gasteiger partial charge in [-0.1, -0.05) is 12.1 Å². The van der Waals surface area contributed by atoms with Crippen molar-refractivity contribution in [1.29, 1.82) is 0 Å². The summed E-state index contributed by atoms with van der Waals surface area (Å²) in [6.45, 7) is 0.186. The Morgan fingerprint density at radius 2 is 1.86 bits per heavy atom. The first-order valence-electron chi connectivity index (χ1n) is 8.56. The molecule has 0 amide bonds. The molecule has 156 valence electrons. The van der Waals surface area contributed by atoms with Gasteiger partial charge in [-0.05, 0) is 42.0 Å². The Morgan fingerprint density at radius 3 is 2.45 bits per heavy atom. The first-order chi connectivity index (χ1) is 13.8. The zero-order chi connectivity index (χ0) is 21.0. The number of hydrogen-bond acceptors (Lipinski definition) is 7. The van der Waals surface area contributed by atoms with Gasteiger partial charge in [0.05, 0.1) is 4.90 Å². The molecule has 1 heterocycles. The van der Waals surface area contributed by atoms with E-state index in [1.54, 1.807) is 12.1 Å². The summed E-state index contributed by atoms with van der Waals surface area (Å²) in [6.07, 6.45) is 0. The number of carboxylic acids is 1. The quantitative estimate of drug-likeness (QED) is 0.557. The number of aliphatic carboxylic acids is 1. The molecule has 0 saturated carbocycles. The first kappa shape index (κ1) is 21.5. The second-order valence-corrected chi connectivity index (χ2v) is 9.35. The lowest BCUT2D eigenvalue weighted by atomic mass is 10.2.